The Bertz CT molecular complexity index is 643. The van der Waals surface area contributed by atoms with Gasteiger partial charge in [-0.15, -0.1) is 0 Å². The zero-order valence-corrected chi connectivity index (χ0v) is 13.4. The van der Waals surface area contributed by atoms with Crippen LogP contribution in [0.3, 0.4) is 0 Å². The summed E-state index contributed by atoms with van der Waals surface area (Å²) in [5.74, 6) is -0.694. The summed E-state index contributed by atoms with van der Waals surface area (Å²) in [5, 5.41) is 0. The highest BCUT2D eigenvalue weighted by atomic mass is 79.9. The number of aryl methyl sites for hydroxylation is 1. The molecule has 0 aliphatic heterocycles. The van der Waals surface area contributed by atoms with Crippen molar-refractivity contribution in [1.82, 2.24) is 0 Å². The van der Waals surface area contributed by atoms with Gasteiger partial charge in [0.05, 0.1) is 0 Å². The Morgan fingerprint density at radius 1 is 1.24 bits per heavy atom. The number of rotatable bonds is 4. The molecule has 0 saturated carbocycles. The number of ether oxygens (including phenoxy) is 1. The summed E-state index contributed by atoms with van der Waals surface area (Å²) in [6, 6.07) is 12.0. The number of likely N-dealkylation sites (N-methyl/N-ethyl adjacent to an activating group) is 1. The Kier molecular flexibility index (Phi) is 4.96. The number of benzene rings is 2. The van der Waals surface area contributed by atoms with Gasteiger partial charge in [0.1, 0.15) is 0 Å². The molecule has 2 rings (SSSR count). The van der Waals surface area contributed by atoms with Gasteiger partial charge in [-0.05, 0) is 37.3 Å². The molecule has 0 aliphatic rings. The molecule has 2 aromatic rings. The summed E-state index contributed by atoms with van der Waals surface area (Å²) in [7, 11) is 1.66. The van der Waals surface area contributed by atoms with Crippen LogP contribution in [-0.2, 0) is 4.79 Å². The van der Waals surface area contributed by atoms with Crippen molar-refractivity contribution in [2.75, 3.05) is 18.6 Å². The topological polar surface area (TPSA) is 29.5 Å². The van der Waals surface area contributed by atoms with Gasteiger partial charge < -0.3 is 9.64 Å². The quantitative estimate of drug-likeness (QED) is 0.834. The summed E-state index contributed by atoms with van der Waals surface area (Å²) in [6.45, 7) is 1.76. The number of halogens is 2. The van der Waals surface area contributed by atoms with Crippen LogP contribution in [0.4, 0.5) is 10.1 Å². The first-order chi connectivity index (χ1) is 9.97. The van der Waals surface area contributed by atoms with E-state index in [-0.39, 0.29) is 18.3 Å². The molecule has 0 radical (unpaired) electrons. The fourth-order valence-electron chi connectivity index (χ4n) is 1.74. The third kappa shape index (κ3) is 4.04. The molecule has 0 heterocycles. The fourth-order valence-corrected chi connectivity index (χ4v) is 2.07. The first kappa shape index (κ1) is 15.5. The number of anilines is 1. The van der Waals surface area contributed by atoms with Crippen molar-refractivity contribution < 1.29 is 13.9 Å². The van der Waals surface area contributed by atoms with Gasteiger partial charge in [0.2, 0.25) is 0 Å². The van der Waals surface area contributed by atoms with Gasteiger partial charge in [-0.2, -0.15) is 0 Å². The molecule has 5 heteroatoms. The van der Waals surface area contributed by atoms with Gasteiger partial charge >= 0.3 is 0 Å². The number of hydrogen-bond acceptors (Lipinski definition) is 2. The average molecular weight is 352 g/mol. The Hall–Kier alpha value is -1.88. The maximum absolute atomic E-state index is 13.6. The largest absolute Gasteiger partial charge is 0.481 e. The monoisotopic (exact) mass is 351 g/mol. The van der Waals surface area contributed by atoms with Crippen molar-refractivity contribution in [2.45, 2.75) is 6.92 Å². The molecule has 0 fully saturated rings. The predicted molar refractivity (Wildman–Crippen MR) is 84.2 cm³/mol. The number of carbonyl (C=O) groups is 1. The van der Waals surface area contributed by atoms with Gasteiger partial charge in [0.15, 0.2) is 18.2 Å². The predicted octanol–water partition coefficient (Wildman–Crippen LogP) is 3.94. The number of amides is 1. The van der Waals surface area contributed by atoms with Gasteiger partial charge in [-0.25, -0.2) is 4.39 Å². The lowest BCUT2D eigenvalue weighted by atomic mass is 10.2. The molecule has 0 unspecified atom stereocenters. The number of nitrogens with zero attached hydrogens (tertiary/aromatic N) is 1. The highest BCUT2D eigenvalue weighted by Crippen LogP contribution is 2.21. The minimum absolute atomic E-state index is 0.0591. The van der Waals surface area contributed by atoms with E-state index >= 15 is 0 Å². The second kappa shape index (κ2) is 6.72. The van der Waals surface area contributed by atoms with E-state index in [2.05, 4.69) is 15.9 Å². The zero-order valence-electron chi connectivity index (χ0n) is 11.8. The summed E-state index contributed by atoms with van der Waals surface area (Å²) >= 11 is 3.17. The Balaban J connectivity index is 1.99. The second-order valence-corrected chi connectivity index (χ2v) is 5.57. The summed E-state index contributed by atoms with van der Waals surface area (Å²) in [4.78, 5) is 13.5. The molecular weight excluding hydrogens is 337 g/mol. The SMILES string of the molecule is Cc1ccc(N(C)C(=O)COc2ccc(Br)cc2F)cc1. The first-order valence-electron chi connectivity index (χ1n) is 6.38. The number of hydrogen-bond donors (Lipinski definition) is 0. The fraction of sp³-hybridized carbons (Fsp3) is 0.188. The van der Waals surface area contributed by atoms with Crippen molar-refractivity contribution in [2.24, 2.45) is 0 Å². The minimum Gasteiger partial charge on any atom is -0.481 e. The van der Waals surface area contributed by atoms with Crippen LogP contribution in [0.5, 0.6) is 5.75 Å². The van der Waals surface area contributed by atoms with Crippen LogP contribution < -0.4 is 9.64 Å². The van der Waals surface area contributed by atoms with Crippen molar-refractivity contribution in [1.29, 1.82) is 0 Å². The Labute approximate surface area is 131 Å². The molecule has 21 heavy (non-hydrogen) atoms. The standard InChI is InChI=1S/C16H15BrFNO2/c1-11-3-6-13(7-4-11)19(2)16(20)10-21-15-8-5-12(17)9-14(15)18/h3-9H,10H2,1-2H3. The van der Waals surface area contributed by atoms with E-state index in [1.165, 1.54) is 17.0 Å². The molecule has 110 valence electrons. The van der Waals surface area contributed by atoms with Crippen molar-refractivity contribution in [3.05, 3.63) is 58.3 Å². The molecule has 0 spiro atoms. The van der Waals surface area contributed by atoms with E-state index in [4.69, 9.17) is 4.74 Å². The summed E-state index contributed by atoms with van der Waals surface area (Å²) < 4.78 is 19.4. The highest BCUT2D eigenvalue weighted by molar-refractivity contribution is 9.10. The van der Waals surface area contributed by atoms with Gasteiger partial charge in [-0.3, -0.25) is 4.79 Å². The molecular formula is C16H15BrFNO2. The van der Waals surface area contributed by atoms with Crippen molar-refractivity contribution >= 4 is 27.5 Å². The Morgan fingerprint density at radius 2 is 1.90 bits per heavy atom. The molecule has 0 bridgehead atoms. The lowest BCUT2D eigenvalue weighted by Crippen LogP contribution is -2.31. The highest BCUT2D eigenvalue weighted by Gasteiger charge is 2.13. The lowest BCUT2D eigenvalue weighted by Gasteiger charge is -2.18. The zero-order chi connectivity index (χ0) is 15.4. The Morgan fingerprint density at radius 3 is 2.52 bits per heavy atom. The first-order valence-corrected chi connectivity index (χ1v) is 7.18. The normalized spacial score (nSPS) is 10.3. The molecule has 0 aromatic heterocycles. The number of carbonyl (C=O) groups excluding carboxylic acids is 1. The van der Waals surface area contributed by atoms with Crippen LogP contribution in [0.25, 0.3) is 0 Å². The van der Waals surface area contributed by atoms with E-state index < -0.39 is 5.82 Å². The maximum Gasteiger partial charge on any atom is 0.264 e. The van der Waals surface area contributed by atoms with Gasteiger partial charge in [-0.1, -0.05) is 33.6 Å². The molecule has 0 saturated heterocycles. The van der Waals surface area contributed by atoms with E-state index in [0.29, 0.717) is 4.47 Å². The third-order valence-electron chi connectivity index (χ3n) is 3.04. The van der Waals surface area contributed by atoms with Crippen LogP contribution in [0, 0.1) is 12.7 Å². The summed E-state index contributed by atoms with van der Waals surface area (Å²) in [5.41, 5.74) is 1.89. The molecule has 0 N–H and O–H groups in total. The molecule has 1 amide bonds. The molecule has 0 atom stereocenters. The molecule has 2 aromatic carbocycles. The van der Waals surface area contributed by atoms with E-state index in [9.17, 15) is 9.18 Å². The van der Waals surface area contributed by atoms with Crippen LogP contribution in [-0.4, -0.2) is 19.6 Å². The van der Waals surface area contributed by atoms with Crippen LogP contribution in [0.1, 0.15) is 5.56 Å². The minimum atomic E-state index is -0.504. The third-order valence-corrected chi connectivity index (χ3v) is 3.53. The van der Waals surface area contributed by atoms with E-state index in [1.807, 2.05) is 31.2 Å². The van der Waals surface area contributed by atoms with Crippen LogP contribution >= 0.6 is 15.9 Å². The average Bonchev–Trinajstić information content (AvgIpc) is 2.46. The van der Waals surface area contributed by atoms with Gasteiger partial charge in [0, 0.05) is 17.2 Å². The van der Waals surface area contributed by atoms with Crippen LogP contribution in [0.15, 0.2) is 46.9 Å². The molecule has 3 nitrogen and oxygen atoms in total. The van der Waals surface area contributed by atoms with Crippen molar-refractivity contribution in [3.63, 3.8) is 0 Å². The van der Waals surface area contributed by atoms with E-state index in [1.54, 1.807) is 13.1 Å². The van der Waals surface area contributed by atoms with Crippen LogP contribution in [0.2, 0.25) is 0 Å². The maximum atomic E-state index is 13.6. The second-order valence-electron chi connectivity index (χ2n) is 4.65. The van der Waals surface area contributed by atoms with E-state index in [0.717, 1.165) is 11.3 Å². The molecule has 0 aliphatic carbocycles. The lowest BCUT2D eigenvalue weighted by molar-refractivity contribution is -0.120. The van der Waals surface area contributed by atoms with Crippen molar-refractivity contribution in [3.8, 4) is 5.75 Å². The smallest absolute Gasteiger partial charge is 0.264 e. The van der Waals surface area contributed by atoms with Gasteiger partial charge in [0.25, 0.3) is 5.91 Å². The summed E-state index contributed by atoms with van der Waals surface area (Å²) in [6.07, 6.45) is 0.